The van der Waals surface area contributed by atoms with E-state index < -0.39 is 5.92 Å². The molecule has 0 aliphatic rings. The lowest BCUT2D eigenvalue weighted by atomic mass is 9.91. The highest BCUT2D eigenvalue weighted by atomic mass is 35.5. The Morgan fingerprint density at radius 2 is 2.00 bits per heavy atom. The lowest BCUT2D eigenvalue weighted by molar-refractivity contribution is -0.141. The third-order valence-electron chi connectivity index (χ3n) is 3.46. The first kappa shape index (κ1) is 14.1. The Labute approximate surface area is 131 Å². The summed E-state index contributed by atoms with van der Waals surface area (Å²) >= 11 is 7.94. The number of rotatable bonds is 3. The fourth-order valence-electron chi connectivity index (χ4n) is 2.43. The van der Waals surface area contributed by atoms with E-state index in [0.29, 0.717) is 5.02 Å². The maximum Gasteiger partial charge on any atom is 0.317 e. The first-order valence-corrected chi connectivity index (χ1v) is 7.76. The number of fused-ring (bicyclic) bond motifs is 1. The van der Waals surface area contributed by atoms with Crippen molar-refractivity contribution < 1.29 is 9.53 Å². The molecule has 0 fully saturated rings. The van der Waals surface area contributed by atoms with Gasteiger partial charge in [-0.05, 0) is 46.2 Å². The van der Waals surface area contributed by atoms with Crippen LogP contribution in [-0.4, -0.2) is 13.1 Å². The van der Waals surface area contributed by atoms with Gasteiger partial charge >= 0.3 is 5.97 Å². The molecule has 0 unspecified atom stereocenters. The first-order chi connectivity index (χ1) is 10.2. The van der Waals surface area contributed by atoms with Gasteiger partial charge < -0.3 is 4.74 Å². The van der Waals surface area contributed by atoms with Crippen LogP contribution in [0.4, 0.5) is 0 Å². The maximum absolute atomic E-state index is 12.3. The minimum Gasteiger partial charge on any atom is -0.468 e. The minimum atomic E-state index is -0.506. The van der Waals surface area contributed by atoms with E-state index in [9.17, 15) is 4.79 Å². The molecule has 4 heteroatoms. The van der Waals surface area contributed by atoms with Gasteiger partial charge in [0.1, 0.15) is 5.92 Å². The van der Waals surface area contributed by atoms with Gasteiger partial charge in [0.2, 0.25) is 0 Å². The molecule has 2 nitrogen and oxygen atoms in total. The Balaban J connectivity index is 2.15. The predicted octanol–water partition coefficient (Wildman–Crippen LogP) is 4.86. The van der Waals surface area contributed by atoms with E-state index in [2.05, 4.69) is 0 Å². The van der Waals surface area contributed by atoms with Gasteiger partial charge in [0.25, 0.3) is 0 Å². The van der Waals surface area contributed by atoms with Crippen molar-refractivity contribution in [1.29, 1.82) is 0 Å². The second-order valence-electron chi connectivity index (χ2n) is 4.70. The first-order valence-electron chi connectivity index (χ1n) is 6.50. The van der Waals surface area contributed by atoms with Crippen LogP contribution >= 0.6 is 22.9 Å². The Morgan fingerprint density at radius 3 is 2.76 bits per heavy atom. The number of hydrogen-bond donors (Lipinski definition) is 0. The normalized spacial score (nSPS) is 12.3. The van der Waals surface area contributed by atoms with Crippen molar-refractivity contribution in [2.75, 3.05) is 7.11 Å². The van der Waals surface area contributed by atoms with Crippen molar-refractivity contribution in [2.45, 2.75) is 5.92 Å². The topological polar surface area (TPSA) is 26.3 Å². The highest BCUT2D eigenvalue weighted by Gasteiger charge is 2.25. The lowest BCUT2D eigenvalue weighted by Crippen LogP contribution is -2.16. The summed E-state index contributed by atoms with van der Waals surface area (Å²) in [5.41, 5.74) is 1.65. The van der Waals surface area contributed by atoms with Crippen LogP contribution in [0.2, 0.25) is 5.02 Å². The summed E-state index contributed by atoms with van der Waals surface area (Å²) in [6.45, 7) is 0. The average molecular weight is 317 g/mol. The van der Waals surface area contributed by atoms with Crippen LogP contribution in [0.3, 0.4) is 0 Å². The molecule has 106 valence electrons. The van der Waals surface area contributed by atoms with Gasteiger partial charge in [-0.2, -0.15) is 0 Å². The van der Waals surface area contributed by atoms with Crippen LogP contribution in [0, 0.1) is 0 Å². The highest BCUT2D eigenvalue weighted by Crippen LogP contribution is 2.33. The lowest BCUT2D eigenvalue weighted by Gasteiger charge is -2.17. The van der Waals surface area contributed by atoms with Crippen LogP contribution in [0.1, 0.15) is 17.0 Å². The molecule has 0 radical (unpaired) electrons. The van der Waals surface area contributed by atoms with Gasteiger partial charge in [-0.25, -0.2) is 0 Å². The smallest absolute Gasteiger partial charge is 0.317 e. The molecule has 21 heavy (non-hydrogen) atoms. The number of benzene rings is 2. The second kappa shape index (κ2) is 5.88. The molecule has 3 aromatic rings. The summed E-state index contributed by atoms with van der Waals surface area (Å²) in [5.74, 6) is -0.814. The van der Waals surface area contributed by atoms with Crippen LogP contribution in [0.25, 0.3) is 10.1 Å². The largest absolute Gasteiger partial charge is 0.468 e. The molecule has 1 atom stereocenters. The molecule has 0 saturated carbocycles. The van der Waals surface area contributed by atoms with E-state index in [4.69, 9.17) is 16.3 Å². The number of methoxy groups -OCH3 is 1. The summed E-state index contributed by atoms with van der Waals surface area (Å²) < 4.78 is 6.17. The van der Waals surface area contributed by atoms with Gasteiger partial charge in [0.15, 0.2) is 0 Å². The molecule has 0 N–H and O–H groups in total. The monoisotopic (exact) mass is 316 g/mol. The zero-order chi connectivity index (χ0) is 14.8. The van der Waals surface area contributed by atoms with E-state index in [1.807, 2.05) is 47.8 Å². The summed E-state index contributed by atoms with van der Waals surface area (Å²) in [6.07, 6.45) is 0. The maximum atomic E-state index is 12.3. The molecular formula is C17H13ClO2S. The van der Waals surface area contributed by atoms with Crippen LogP contribution in [0.15, 0.2) is 53.9 Å². The molecule has 3 rings (SSSR count). The van der Waals surface area contributed by atoms with Crippen molar-refractivity contribution in [3.8, 4) is 0 Å². The Morgan fingerprint density at radius 1 is 1.19 bits per heavy atom. The van der Waals surface area contributed by atoms with Gasteiger partial charge in [0.05, 0.1) is 7.11 Å². The number of carbonyl (C=O) groups is 1. The third kappa shape index (κ3) is 2.67. The van der Waals surface area contributed by atoms with Gasteiger partial charge in [-0.3, -0.25) is 4.79 Å². The highest BCUT2D eigenvalue weighted by molar-refractivity contribution is 7.17. The van der Waals surface area contributed by atoms with Gasteiger partial charge in [-0.15, -0.1) is 11.3 Å². The van der Waals surface area contributed by atoms with Gasteiger partial charge in [0, 0.05) is 9.72 Å². The SMILES string of the molecule is COC(=O)[C@@H](c1ccc2sccc2c1)c1ccccc1Cl. The van der Waals surface area contributed by atoms with E-state index in [1.54, 1.807) is 17.4 Å². The molecule has 1 aromatic heterocycles. The number of carbonyl (C=O) groups excluding carboxylic acids is 1. The minimum absolute atomic E-state index is 0.308. The molecule has 1 heterocycles. The van der Waals surface area contributed by atoms with E-state index >= 15 is 0 Å². The number of ether oxygens (including phenoxy) is 1. The Kier molecular flexibility index (Phi) is 3.95. The van der Waals surface area contributed by atoms with Crippen molar-refractivity contribution in [1.82, 2.24) is 0 Å². The van der Waals surface area contributed by atoms with E-state index in [0.717, 1.165) is 16.5 Å². The molecule has 0 saturated heterocycles. The Bertz CT molecular complexity index is 794. The number of halogens is 1. The van der Waals surface area contributed by atoms with Crippen LogP contribution in [0.5, 0.6) is 0 Å². The molecule has 0 spiro atoms. The van der Waals surface area contributed by atoms with Crippen molar-refractivity contribution in [3.63, 3.8) is 0 Å². The van der Waals surface area contributed by atoms with Crippen molar-refractivity contribution in [2.24, 2.45) is 0 Å². The molecule has 0 bridgehead atoms. The van der Waals surface area contributed by atoms with Gasteiger partial charge in [-0.1, -0.05) is 35.9 Å². The summed E-state index contributed by atoms with van der Waals surface area (Å²) in [4.78, 5) is 12.3. The fourth-order valence-corrected chi connectivity index (χ4v) is 3.45. The summed E-state index contributed by atoms with van der Waals surface area (Å²) in [6, 6.07) is 15.4. The zero-order valence-electron chi connectivity index (χ0n) is 11.4. The third-order valence-corrected chi connectivity index (χ3v) is 4.70. The number of thiophene rings is 1. The number of hydrogen-bond acceptors (Lipinski definition) is 3. The van der Waals surface area contributed by atoms with Crippen molar-refractivity contribution in [3.05, 3.63) is 70.1 Å². The average Bonchev–Trinajstić information content (AvgIpc) is 2.97. The standard InChI is InChI=1S/C17H13ClO2S/c1-20-17(19)16(13-4-2-3-5-14(13)18)12-6-7-15-11(10-12)8-9-21-15/h2-10,16H,1H3/t16-/m0/s1. The Hall–Kier alpha value is -1.84. The van der Waals surface area contributed by atoms with E-state index in [1.165, 1.54) is 11.8 Å². The molecule has 0 amide bonds. The second-order valence-corrected chi connectivity index (χ2v) is 6.05. The molecule has 0 aliphatic carbocycles. The van der Waals surface area contributed by atoms with Crippen molar-refractivity contribution >= 4 is 39.0 Å². The fraction of sp³-hybridized carbons (Fsp3) is 0.118. The summed E-state index contributed by atoms with van der Waals surface area (Å²) in [5, 5.41) is 3.73. The predicted molar refractivity (Wildman–Crippen MR) is 87.1 cm³/mol. The van der Waals surface area contributed by atoms with Crippen LogP contribution < -0.4 is 0 Å². The summed E-state index contributed by atoms with van der Waals surface area (Å²) in [7, 11) is 1.40. The molecular weight excluding hydrogens is 304 g/mol. The quantitative estimate of drug-likeness (QED) is 0.645. The molecule has 2 aromatic carbocycles. The zero-order valence-corrected chi connectivity index (χ0v) is 12.9. The van der Waals surface area contributed by atoms with Crippen LogP contribution in [-0.2, 0) is 9.53 Å². The molecule has 0 aliphatic heterocycles. The van der Waals surface area contributed by atoms with E-state index in [-0.39, 0.29) is 5.97 Å². The number of esters is 1.